The van der Waals surface area contributed by atoms with Gasteiger partial charge < -0.3 is 19.8 Å². The number of aliphatic hydroxyl groups is 1. The normalized spacial score (nSPS) is 23.9. The standard InChI is InChI=1S/C18H19Cl2N5O3/c1-10-8-24-14-15(21-17(24)23(10)5-6-26)22(2)18(28)25(16(14)27)9-11-3-4-12(19)13(20)7-11/h3-4,7-8,14-15,26H,5-6,9H2,1-2H3. The van der Waals surface area contributed by atoms with Gasteiger partial charge in [0.2, 0.25) is 5.96 Å². The third kappa shape index (κ3) is 2.83. The Balaban J connectivity index is 1.63. The fourth-order valence-electron chi connectivity index (χ4n) is 3.74. The maximum atomic E-state index is 13.2. The van der Waals surface area contributed by atoms with E-state index in [1.807, 2.05) is 18.0 Å². The van der Waals surface area contributed by atoms with Crippen molar-refractivity contribution in [2.24, 2.45) is 4.99 Å². The van der Waals surface area contributed by atoms with E-state index in [0.29, 0.717) is 28.1 Å². The van der Waals surface area contributed by atoms with E-state index in [9.17, 15) is 14.7 Å². The summed E-state index contributed by atoms with van der Waals surface area (Å²) in [5.41, 5.74) is 1.59. The minimum atomic E-state index is -0.640. The van der Waals surface area contributed by atoms with Crippen LogP contribution in [-0.2, 0) is 11.3 Å². The van der Waals surface area contributed by atoms with E-state index < -0.39 is 18.2 Å². The number of imide groups is 1. The number of hydrogen-bond acceptors (Lipinski definition) is 6. The molecule has 0 radical (unpaired) electrons. The van der Waals surface area contributed by atoms with E-state index in [-0.39, 0.29) is 19.1 Å². The molecule has 10 heteroatoms. The molecule has 3 amide bonds. The van der Waals surface area contributed by atoms with E-state index in [0.717, 1.165) is 5.70 Å². The van der Waals surface area contributed by atoms with Crippen LogP contribution in [0.1, 0.15) is 12.5 Å². The molecule has 28 heavy (non-hydrogen) atoms. The van der Waals surface area contributed by atoms with Crippen LogP contribution in [0.15, 0.2) is 35.1 Å². The minimum Gasteiger partial charge on any atom is -0.395 e. The number of guanidine groups is 1. The lowest BCUT2D eigenvalue weighted by atomic mass is 10.1. The number of aliphatic hydroxyl groups excluding tert-OH is 1. The fourth-order valence-corrected chi connectivity index (χ4v) is 4.06. The van der Waals surface area contributed by atoms with Gasteiger partial charge in [0.25, 0.3) is 5.91 Å². The summed E-state index contributed by atoms with van der Waals surface area (Å²) in [6.45, 7) is 2.31. The van der Waals surface area contributed by atoms with Gasteiger partial charge in [-0.3, -0.25) is 9.69 Å². The maximum absolute atomic E-state index is 13.2. The number of rotatable bonds is 4. The Morgan fingerprint density at radius 3 is 2.61 bits per heavy atom. The predicted molar refractivity (Wildman–Crippen MR) is 105 cm³/mol. The molecule has 1 aromatic rings. The van der Waals surface area contributed by atoms with Gasteiger partial charge >= 0.3 is 6.03 Å². The molecule has 4 rings (SSSR count). The number of amides is 3. The van der Waals surface area contributed by atoms with E-state index >= 15 is 0 Å². The summed E-state index contributed by atoms with van der Waals surface area (Å²) in [4.78, 5) is 37.0. The second kappa shape index (κ2) is 6.95. The van der Waals surface area contributed by atoms with Gasteiger partial charge in [-0.2, -0.15) is 0 Å². The van der Waals surface area contributed by atoms with Crippen molar-refractivity contribution in [1.82, 2.24) is 19.6 Å². The van der Waals surface area contributed by atoms with Crippen LogP contribution in [0.25, 0.3) is 0 Å². The summed E-state index contributed by atoms with van der Waals surface area (Å²) < 4.78 is 0. The fraction of sp³-hybridized carbons (Fsp3) is 0.389. The Morgan fingerprint density at radius 2 is 1.93 bits per heavy atom. The van der Waals surface area contributed by atoms with Crippen LogP contribution >= 0.6 is 23.2 Å². The van der Waals surface area contributed by atoms with Gasteiger partial charge in [0.05, 0.1) is 23.2 Å². The second-order valence-corrected chi connectivity index (χ2v) is 7.72. The quantitative estimate of drug-likeness (QED) is 0.799. The molecule has 0 aliphatic carbocycles. The third-order valence-corrected chi connectivity index (χ3v) is 5.89. The maximum Gasteiger partial charge on any atom is 0.328 e. The summed E-state index contributed by atoms with van der Waals surface area (Å²) >= 11 is 12.0. The van der Waals surface area contributed by atoms with E-state index in [4.69, 9.17) is 23.2 Å². The molecule has 3 aliphatic heterocycles. The molecule has 2 unspecified atom stereocenters. The van der Waals surface area contributed by atoms with Crippen molar-refractivity contribution in [3.05, 3.63) is 45.7 Å². The number of carbonyl (C=O) groups is 2. The number of nitrogens with zero attached hydrogens (tertiary/aromatic N) is 5. The number of fused-ring (bicyclic) bond motifs is 3. The Kier molecular flexibility index (Phi) is 4.73. The molecular weight excluding hydrogens is 405 g/mol. The SMILES string of the molecule is CC1=CN2C(=NC3C2C(=O)N(Cc2ccc(Cl)c(Cl)c2)C(=O)N3C)N1CCO. The summed E-state index contributed by atoms with van der Waals surface area (Å²) in [6.07, 6.45) is 1.23. The number of halogens is 2. The summed E-state index contributed by atoms with van der Waals surface area (Å²) in [7, 11) is 1.63. The number of urea groups is 1. The Bertz CT molecular complexity index is 918. The zero-order valence-electron chi connectivity index (χ0n) is 15.3. The number of benzene rings is 1. The lowest BCUT2D eigenvalue weighted by molar-refractivity contribution is -0.137. The van der Waals surface area contributed by atoms with Gasteiger partial charge in [0.1, 0.15) is 0 Å². The Morgan fingerprint density at radius 1 is 1.18 bits per heavy atom. The van der Waals surface area contributed by atoms with E-state index in [2.05, 4.69) is 4.99 Å². The third-order valence-electron chi connectivity index (χ3n) is 5.15. The number of β-amino-alcohol motifs (C(OH)–C–C–N with tert-alkyl or cyclic N) is 1. The zero-order valence-corrected chi connectivity index (χ0v) is 16.9. The highest BCUT2D eigenvalue weighted by molar-refractivity contribution is 6.42. The molecule has 3 aliphatic rings. The topological polar surface area (TPSA) is 79.7 Å². The van der Waals surface area contributed by atoms with Crippen LogP contribution in [0.4, 0.5) is 4.79 Å². The first-order valence-electron chi connectivity index (χ1n) is 8.78. The molecule has 1 fully saturated rings. The molecule has 0 aromatic heterocycles. The van der Waals surface area contributed by atoms with Crippen molar-refractivity contribution >= 4 is 41.1 Å². The van der Waals surface area contributed by atoms with Gasteiger partial charge in [-0.15, -0.1) is 0 Å². The van der Waals surface area contributed by atoms with Crippen molar-refractivity contribution in [3.8, 4) is 0 Å². The smallest absolute Gasteiger partial charge is 0.328 e. The monoisotopic (exact) mass is 423 g/mol. The molecule has 3 heterocycles. The predicted octanol–water partition coefficient (Wildman–Crippen LogP) is 1.92. The van der Waals surface area contributed by atoms with Gasteiger partial charge in [-0.05, 0) is 24.6 Å². The lowest BCUT2D eigenvalue weighted by Crippen LogP contribution is -2.63. The molecule has 8 nitrogen and oxygen atoms in total. The molecule has 0 spiro atoms. The first-order chi connectivity index (χ1) is 13.3. The van der Waals surface area contributed by atoms with Crippen LogP contribution < -0.4 is 0 Å². The van der Waals surface area contributed by atoms with Crippen molar-refractivity contribution in [3.63, 3.8) is 0 Å². The average molecular weight is 424 g/mol. The largest absolute Gasteiger partial charge is 0.395 e. The van der Waals surface area contributed by atoms with Crippen LogP contribution in [0.3, 0.4) is 0 Å². The van der Waals surface area contributed by atoms with Gasteiger partial charge in [-0.25, -0.2) is 9.79 Å². The molecule has 148 valence electrons. The number of hydrogen-bond donors (Lipinski definition) is 1. The zero-order chi connectivity index (χ0) is 20.2. The summed E-state index contributed by atoms with van der Waals surface area (Å²) in [6, 6.07) is 3.97. The van der Waals surface area contributed by atoms with Crippen LogP contribution in [0.5, 0.6) is 0 Å². The number of allylic oxidation sites excluding steroid dienone is 1. The molecule has 2 atom stereocenters. The van der Waals surface area contributed by atoms with Crippen LogP contribution in [0.2, 0.25) is 10.0 Å². The average Bonchev–Trinajstić information content (AvgIpc) is 3.16. The molecule has 1 saturated heterocycles. The van der Waals surface area contributed by atoms with E-state index in [1.54, 1.807) is 30.1 Å². The summed E-state index contributed by atoms with van der Waals surface area (Å²) in [5.74, 6) is 0.249. The molecule has 1 N–H and O–H groups in total. The van der Waals surface area contributed by atoms with Crippen molar-refractivity contribution in [2.45, 2.75) is 25.7 Å². The molecule has 0 bridgehead atoms. The number of carbonyl (C=O) groups excluding carboxylic acids is 2. The minimum absolute atomic E-state index is 0.0421. The Hall–Kier alpha value is -2.29. The highest BCUT2D eigenvalue weighted by Gasteiger charge is 2.54. The highest BCUT2D eigenvalue weighted by atomic mass is 35.5. The van der Waals surface area contributed by atoms with Gasteiger partial charge in [0, 0.05) is 25.5 Å². The van der Waals surface area contributed by atoms with Crippen molar-refractivity contribution in [2.75, 3.05) is 20.2 Å². The van der Waals surface area contributed by atoms with Gasteiger partial charge in [0.15, 0.2) is 12.2 Å². The van der Waals surface area contributed by atoms with Crippen LogP contribution in [-0.4, -0.2) is 75.0 Å². The molecule has 1 aromatic carbocycles. The second-order valence-electron chi connectivity index (χ2n) is 6.91. The highest BCUT2D eigenvalue weighted by Crippen LogP contribution is 2.34. The van der Waals surface area contributed by atoms with Crippen molar-refractivity contribution in [1.29, 1.82) is 0 Å². The molecule has 0 saturated carbocycles. The summed E-state index contributed by atoms with van der Waals surface area (Å²) in [5, 5.41) is 10.1. The van der Waals surface area contributed by atoms with Gasteiger partial charge in [-0.1, -0.05) is 29.3 Å². The first kappa shape index (κ1) is 19.0. The molecular formula is C18H19Cl2N5O3. The number of aliphatic imine (C=N–C) groups is 1. The van der Waals surface area contributed by atoms with Crippen LogP contribution in [0, 0.1) is 0 Å². The lowest BCUT2D eigenvalue weighted by Gasteiger charge is -2.40. The Labute approximate surface area is 172 Å². The first-order valence-corrected chi connectivity index (χ1v) is 9.54. The number of likely N-dealkylation sites (N-methyl/N-ethyl adjacent to an activating group) is 1. The van der Waals surface area contributed by atoms with E-state index in [1.165, 1.54) is 9.80 Å². The van der Waals surface area contributed by atoms with Crippen molar-refractivity contribution < 1.29 is 14.7 Å².